The van der Waals surface area contributed by atoms with Crippen molar-refractivity contribution >= 4 is 11.9 Å². The molecule has 4 heteroatoms. The Hall–Kier alpha value is -2.10. The molecule has 0 saturated carbocycles. The van der Waals surface area contributed by atoms with Crippen LogP contribution in [0, 0.1) is 5.92 Å². The van der Waals surface area contributed by atoms with Crippen LogP contribution in [-0.2, 0) is 11.3 Å². The highest BCUT2D eigenvalue weighted by molar-refractivity contribution is 6.07. The Kier molecular flexibility index (Phi) is 3.77. The molecule has 22 heavy (non-hydrogen) atoms. The molecule has 1 aromatic carbocycles. The van der Waals surface area contributed by atoms with Crippen LogP contribution in [0.5, 0.6) is 0 Å². The third kappa shape index (κ3) is 2.32. The molecule has 116 valence electrons. The first-order chi connectivity index (χ1) is 10.5. The van der Waals surface area contributed by atoms with Gasteiger partial charge in [-0.1, -0.05) is 56.3 Å². The van der Waals surface area contributed by atoms with E-state index in [1.165, 1.54) is 4.90 Å². The van der Waals surface area contributed by atoms with Crippen molar-refractivity contribution < 1.29 is 9.59 Å². The topological polar surface area (TPSA) is 40.6 Å². The van der Waals surface area contributed by atoms with Gasteiger partial charge >= 0.3 is 6.03 Å². The van der Waals surface area contributed by atoms with E-state index in [1.807, 2.05) is 42.5 Å². The number of nitrogens with zero attached hydrogens (tertiary/aromatic N) is 2. The molecule has 0 aliphatic carbocycles. The fourth-order valence-electron chi connectivity index (χ4n) is 3.55. The molecular weight excluding hydrogens is 276 g/mol. The van der Waals surface area contributed by atoms with Crippen LogP contribution in [0.3, 0.4) is 0 Å². The van der Waals surface area contributed by atoms with Crippen molar-refractivity contribution in [2.45, 2.75) is 38.8 Å². The molecule has 0 bridgehead atoms. The number of hydrogen-bond donors (Lipinski definition) is 0. The van der Waals surface area contributed by atoms with E-state index >= 15 is 0 Å². The molecular formula is C18H22N2O2. The van der Waals surface area contributed by atoms with E-state index in [-0.39, 0.29) is 11.9 Å². The number of fused-ring (bicyclic) bond motifs is 1. The van der Waals surface area contributed by atoms with E-state index in [4.69, 9.17) is 0 Å². The second-order valence-corrected chi connectivity index (χ2v) is 6.58. The summed E-state index contributed by atoms with van der Waals surface area (Å²) in [6.07, 6.45) is 5.36. The van der Waals surface area contributed by atoms with Gasteiger partial charge in [0.15, 0.2) is 0 Å². The number of hydrogen-bond acceptors (Lipinski definition) is 2. The summed E-state index contributed by atoms with van der Waals surface area (Å²) in [5.74, 6) is 0.321. The van der Waals surface area contributed by atoms with Crippen molar-refractivity contribution in [3.05, 3.63) is 48.0 Å². The Bertz CT molecular complexity index is 609. The van der Waals surface area contributed by atoms with E-state index < -0.39 is 5.54 Å². The quantitative estimate of drug-likeness (QED) is 0.632. The summed E-state index contributed by atoms with van der Waals surface area (Å²) in [5, 5.41) is 0. The van der Waals surface area contributed by atoms with Crippen LogP contribution in [-0.4, -0.2) is 33.8 Å². The van der Waals surface area contributed by atoms with Gasteiger partial charge in [0.25, 0.3) is 5.91 Å². The number of urea groups is 1. The number of carbonyl (C=O) groups excluding carboxylic acids is 2. The van der Waals surface area contributed by atoms with Crippen LogP contribution in [0.15, 0.2) is 42.5 Å². The number of imide groups is 1. The smallest absolute Gasteiger partial charge is 0.305 e. The molecule has 0 spiro atoms. The van der Waals surface area contributed by atoms with Crippen molar-refractivity contribution in [3.63, 3.8) is 0 Å². The van der Waals surface area contributed by atoms with Crippen molar-refractivity contribution in [3.8, 4) is 0 Å². The third-order valence-electron chi connectivity index (χ3n) is 4.46. The Labute approximate surface area is 131 Å². The molecule has 1 aromatic rings. The highest BCUT2D eigenvalue weighted by Crippen LogP contribution is 2.39. The Morgan fingerprint density at radius 3 is 2.55 bits per heavy atom. The van der Waals surface area contributed by atoms with Crippen LogP contribution in [0.1, 0.15) is 32.3 Å². The lowest BCUT2D eigenvalue weighted by atomic mass is 9.82. The first-order valence-electron chi connectivity index (χ1n) is 7.87. The van der Waals surface area contributed by atoms with Crippen LogP contribution < -0.4 is 0 Å². The molecule has 1 saturated heterocycles. The summed E-state index contributed by atoms with van der Waals surface area (Å²) in [6.45, 7) is 5.09. The zero-order valence-corrected chi connectivity index (χ0v) is 13.2. The van der Waals surface area contributed by atoms with Crippen LogP contribution in [0.25, 0.3) is 0 Å². The molecule has 1 atom stereocenters. The highest BCUT2D eigenvalue weighted by atomic mass is 16.2. The van der Waals surface area contributed by atoms with Gasteiger partial charge in [-0.25, -0.2) is 4.79 Å². The normalized spacial score (nSPS) is 24.3. The first kappa shape index (κ1) is 14.8. The monoisotopic (exact) mass is 298 g/mol. The standard InChI is InChI=1S/C18H22N2O2/c1-14(2)12-18-10-6-7-11-20(18)17(22)19(16(18)21)13-15-8-4-3-5-9-15/h3-9,14H,10-13H2,1-2H3. The lowest BCUT2D eigenvalue weighted by Crippen LogP contribution is -2.51. The summed E-state index contributed by atoms with van der Waals surface area (Å²) < 4.78 is 0. The third-order valence-corrected chi connectivity index (χ3v) is 4.46. The second-order valence-electron chi connectivity index (χ2n) is 6.58. The SMILES string of the molecule is CC(C)CC12CC=CCN1C(=O)N(Cc1ccccc1)C2=O. The second kappa shape index (κ2) is 5.59. The molecule has 2 aliphatic rings. The van der Waals surface area contributed by atoms with Gasteiger partial charge < -0.3 is 4.90 Å². The molecule has 0 N–H and O–H groups in total. The summed E-state index contributed by atoms with van der Waals surface area (Å²) >= 11 is 0. The number of amides is 3. The van der Waals surface area contributed by atoms with E-state index in [9.17, 15) is 9.59 Å². The predicted molar refractivity (Wildman–Crippen MR) is 85.0 cm³/mol. The molecule has 4 nitrogen and oxygen atoms in total. The molecule has 2 heterocycles. The molecule has 3 amide bonds. The summed E-state index contributed by atoms with van der Waals surface area (Å²) in [7, 11) is 0. The van der Waals surface area contributed by atoms with Crippen molar-refractivity contribution in [1.82, 2.24) is 9.80 Å². The lowest BCUT2D eigenvalue weighted by molar-refractivity contribution is -0.134. The zero-order valence-electron chi connectivity index (χ0n) is 13.2. The van der Waals surface area contributed by atoms with Crippen LogP contribution in [0.4, 0.5) is 4.79 Å². The molecule has 1 unspecified atom stereocenters. The minimum Gasteiger partial charge on any atom is -0.305 e. The average molecular weight is 298 g/mol. The average Bonchev–Trinajstić information content (AvgIpc) is 2.70. The minimum absolute atomic E-state index is 0.0422. The number of benzene rings is 1. The van der Waals surface area contributed by atoms with E-state index in [2.05, 4.69) is 13.8 Å². The maximum Gasteiger partial charge on any atom is 0.328 e. The fourth-order valence-corrected chi connectivity index (χ4v) is 3.55. The molecule has 0 radical (unpaired) electrons. The van der Waals surface area contributed by atoms with Gasteiger partial charge in [-0.15, -0.1) is 0 Å². The van der Waals surface area contributed by atoms with Gasteiger partial charge in [0.05, 0.1) is 6.54 Å². The number of rotatable bonds is 4. The Morgan fingerprint density at radius 2 is 1.86 bits per heavy atom. The van der Waals surface area contributed by atoms with E-state index in [0.29, 0.717) is 31.8 Å². The Morgan fingerprint density at radius 1 is 1.14 bits per heavy atom. The van der Waals surface area contributed by atoms with Crippen LogP contribution in [0.2, 0.25) is 0 Å². The van der Waals surface area contributed by atoms with Crippen molar-refractivity contribution in [2.75, 3.05) is 6.54 Å². The van der Waals surface area contributed by atoms with Gasteiger partial charge in [-0.2, -0.15) is 0 Å². The predicted octanol–water partition coefficient (Wildman–Crippen LogP) is 3.20. The maximum atomic E-state index is 13.0. The van der Waals surface area contributed by atoms with Gasteiger partial charge in [0.1, 0.15) is 5.54 Å². The number of carbonyl (C=O) groups is 2. The summed E-state index contributed by atoms with van der Waals surface area (Å²) in [6, 6.07) is 9.54. The largest absolute Gasteiger partial charge is 0.328 e. The molecule has 2 aliphatic heterocycles. The Balaban J connectivity index is 1.91. The lowest BCUT2D eigenvalue weighted by Gasteiger charge is -2.37. The molecule has 0 aromatic heterocycles. The van der Waals surface area contributed by atoms with Gasteiger partial charge in [0.2, 0.25) is 0 Å². The zero-order chi connectivity index (χ0) is 15.7. The molecule has 3 rings (SSSR count). The maximum absolute atomic E-state index is 13.0. The summed E-state index contributed by atoms with van der Waals surface area (Å²) in [4.78, 5) is 29.0. The van der Waals surface area contributed by atoms with Crippen molar-refractivity contribution in [2.24, 2.45) is 5.92 Å². The highest BCUT2D eigenvalue weighted by Gasteiger charge is 2.56. The summed E-state index contributed by atoms with van der Waals surface area (Å²) in [5.41, 5.74) is 0.311. The fraction of sp³-hybridized carbons (Fsp3) is 0.444. The van der Waals surface area contributed by atoms with E-state index in [1.54, 1.807) is 4.90 Å². The van der Waals surface area contributed by atoms with E-state index in [0.717, 1.165) is 5.56 Å². The van der Waals surface area contributed by atoms with Gasteiger partial charge in [0, 0.05) is 6.54 Å². The first-order valence-corrected chi connectivity index (χ1v) is 7.87. The van der Waals surface area contributed by atoms with Crippen LogP contribution >= 0.6 is 0 Å². The minimum atomic E-state index is -0.672. The van der Waals surface area contributed by atoms with Gasteiger partial charge in [-0.3, -0.25) is 9.69 Å². The molecule has 1 fully saturated rings. The van der Waals surface area contributed by atoms with Crippen molar-refractivity contribution in [1.29, 1.82) is 0 Å². The van der Waals surface area contributed by atoms with Gasteiger partial charge in [-0.05, 0) is 24.3 Å².